The van der Waals surface area contributed by atoms with Gasteiger partial charge in [0, 0.05) is 12.2 Å². The zero-order chi connectivity index (χ0) is 19.3. The van der Waals surface area contributed by atoms with Gasteiger partial charge in [0.2, 0.25) is 0 Å². The fourth-order valence-electron chi connectivity index (χ4n) is 3.79. The van der Waals surface area contributed by atoms with Gasteiger partial charge in [0.15, 0.2) is 0 Å². The summed E-state index contributed by atoms with van der Waals surface area (Å²) in [5.41, 5.74) is 4.09. The molecule has 0 aromatic heterocycles. The number of hydrogen-bond donors (Lipinski definition) is 1. The second-order valence-corrected chi connectivity index (χ2v) is 6.80. The molecule has 0 saturated carbocycles. The molecule has 1 aliphatic heterocycles. The second kappa shape index (κ2) is 8.17. The second-order valence-electron chi connectivity index (χ2n) is 6.80. The van der Waals surface area contributed by atoms with Gasteiger partial charge in [-0.2, -0.15) is 0 Å². The van der Waals surface area contributed by atoms with E-state index in [1.165, 1.54) is 5.56 Å². The third-order valence-electron chi connectivity index (χ3n) is 5.04. The minimum absolute atomic E-state index is 0.0601. The molecule has 0 aliphatic carbocycles. The van der Waals surface area contributed by atoms with E-state index < -0.39 is 6.04 Å². The summed E-state index contributed by atoms with van der Waals surface area (Å²) >= 11 is 0. The van der Waals surface area contributed by atoms with Crippen molar-refractivity contribution in [2.24, 2.45) is 0 Å². The summed E-state index contributed by atoms with van der Waals surface area (Å²) in [5, 5.41) is 3.10. The van der Waals surface area contributed by atoms with Crippen LogP contribution in [0.15, 0.2) is 78.9 Å². The van der Waals surface area contributed by atoms with Crippen LogP contribution in [0.1, 0.15) is 24.1 Å². The van der Waals surface area contributed by atoms with E-state index in [1.54, 1.807) is 0 Å². The van der Waals surface area contributed by atoms with E-state index in [2.05, 4.69) is 28.4 Å². The van der Waals surface area contributed by atoms with Gasteiger partial charge in [-0.15, -0.1) is 0 Å². The molecule has 4 rings (SSSR count). The van der Waals surface area contributed by atoms with E-state index >= 15 is 0 Å². The minimum Gasteiger partial charge on any atom is -0.492 e. The zero-order valence-electron chi connectivity index (χ0n) is 16.0. The molecular formula is C24H24N2O2. The lowest BCUT2D eigenvalue weighted by molar-refractivity contribution is -0.117. The Kier molecular flexibility index (Phi) is 5.29. The standard InChI is InChI=1S/C24H24N2O2/c1-2-28-22-15-9-7-13-20(22)25-24(27)23(19-11-4-3-5-12-19)26-17-16-18-10-6-8-14-21(18)26/h3-15,23H,2,16-17H2,1H3,(H,25,27). The van der Waals surface area contributed by atoms with Crippen molar-refractivity contribution in [3.8, 4) is 5.75 Å². The van der Waals surface area contributed by atoms with Crippen molar-refractivity contribution < 1.29 is 9.53 Å². The molecule has 0 fully saturated rings. The molecule has 0 bridgehead atoms. The molecule has 1 atom stereocenters. The van der Waals surface area contributed by atoms with E-state index in [4.69, 9.17) is 4.74 Å². The van der Waals surface area contributed by atoms with E-state index in [9.17, 15) is 4.79 Å². The molecule has 3 aromatic rings. The van der Waals surface area contributed by atoms with Crippen LogP contribution >= 0.6 is 0 Å². The van der Waals surface area contributed by atoms with E-state index in [1.807, 2.05) is 67.6 Å². The van der Waals surface area contributed by atoms with Gasteiger partial charge in [-0.25, -0.2) is 0 Å². The Bertz CT molecular complexity index is 956. The number of hydrogen-bond acceptors (Lipinski definition) is 3. The minimum atomic E-state index is -0.403. The summed E-state index contributed by atoms with van der Waals surface area (Å²) in [6.07, 6.45) is 0.947. The molecule has 1 N–H and O–H groups in total. The quantitative estimate of drug-likeness (QED) is 0.674. The predicted octanol–water partition coefficient (Wildman–Crippen LogP) is 4.83. The van der Waals surface area contributed by atoms with Crippen molar-refractivity contribution in [2.45, 2.75) is 19.4 Å². The van der Waals surface area contributed by atoms with Crippen molar-refractivity contribution in [2.75, 3.05) is 23.4 Å². The number of fused-ring (bicyclic) bond motifs is 1. The van der Waals surface area contributed by atoms with Gasteiger partial charge in [0.25, 0.3) is 5.91 Å². The van der Waals surface area contributed by atoms with Crippen molar-refractivity contribution in [3.63, 3.8) is 0 Å². The third kappa shape index (κ3) is 3.58. The number of benzene rings is 3. The average molecular weight is 372 g/mol. The molecule has 142 valence electrons. The first kappa shape index (κ1) is 18.1. The number of anilines is 2. The topological polar surface area (TPSA) is 41.6 Å². The lowest BCUT2D eigenvalue weighted by Crippen LogP contribution is -2.36. The van der Waals surface area contributed by atoms with Crippen LogP contribution in [0, 0.1) is 0 Å². The summed E-state index contributed by atoms with van der Waals surface area (Å²) in [5.74, 6) is 0.627. The summed E-state index contributed by atoms with van der Waals surface area (Å²) in [7, 11) is 0. The molecular weight excluding hydrogens is 348 g/mol. The molecule has 1 amide bonds. The van der Waals surface area contributed by atoms with E-state index in [0.717, 1.165) is 24.2 Å². The zero-order valence-corrected chi connectivity index (χ0v) is 16.0. The third-order valence-corrected chi connectivity index (χ3v) is 5.04. The van der Waals surface area contributed by atoms with E-state index in [-0.39, 0.29) is 5.91 Å². The molecule has 0 spiro atoms. The van der Waals surface area contributed by atoms with Crippen LogP contribution in [0.25, 0.3) is 0 Å². The van der Waals surface area contributed by atoms with Crippen LogP contribution in [0.5, 0.6) is 5.75 Å². The normalized spacial score (nSPS) is 13.7. The lowest BCUT2D eigenvalue weighted by atomic mass is 10.0. The number of amides is 1. The van der Waals surface area contributed by atoms with Crippen LogP contribution in [-0.2, 0) is 11.2 Å². The molecule has 1 heterocycles. The van der Waals surface area contributed by atoms with E-state index in [0.29, 0.717) is 18.0 Å². The van der Waals surface area contributed by atoms with Crippen LogP contribution in [-0.4, -0.2) is 19.1 Å². The van der Waals surface area contributed by atoms with Gasteiger partial charge in [0.05, 0.1) is 12.3 Å². The fraction of sp³-hybridized carbons (Fsp3) is 0.208. The Morgan fingerprint density at radius 1 is 1.00 bits per heavy atom. The number of nitrogens with one attached hydrogen (secondary N) is 1. The van der Waals surface area contributed by atoms with Crippen molar-refractivity contribution in [1.82, 2.24) is 0 Å². The largest absolute Gasteiger partial charge is 0.492 e. The molecule has 1 aliphatic rings. The molecule has 0 radical (unpaired) electrons. The van der Waals surface area contributed by atoms with Gasteiger partial charge in [-0.05, 0) is 42.7 Å². The summed E-state index contributed by atoms with van der Waals surface area (Å²) in [6.45, 7) is 3.31. The molecule has 4 nitrogen and oxygen atoms in total. The number of carbonyl (C=O) groups excluding carboxylic acids is 1. The van der Waals surface area contributed by atoms with Gasteiger partial charge in [-0.1, -0.05) is 60.7 Å². The van der Waals surface area contributed by atoms with Gasteiger partial charge in [0.1, 0.15) is 11.8 Å². The smallest absolute Gasteiger partial charge is 0.251 e. The summed E-state index contributed by atoms with van der Waals surface area (Å²) in [6, 6.07) is 25.4. The van der Waals surface area contributed by atoms with Crippen LogP contribution in [0.2, 0.25) is 0 Å². The lowest BCUT2D eigenvalue weighted by Gasteiger charge is -2.30. The molecule has 3 aromatic carbocycles. The first-order valence-corrected chi connectivity index (χ1v) is 9.70. The van der Waals surface area contributed by atoms with Crippen LogP contribution in [0.4, 0.5) is 11.4 Å². The maximum atomic E-state index is 13.5. The monoisotopic (exact) mass is 372 g/mol. The highest BCUT2D eigenvalue weighted by atomic mass is 16.5. The molecule has 4 heteroatoms. The van der Waals surface area contributed by atoms with Crippen LogP contribution in [0.3, 0.4) is 0 Å². The Labute approximate surface area is 165 Å². The number of ether oxygens (including phenoxy) is 1. The Hall–Kier alpha value is -3.27. The number of para-hydroxylation sites is 3. The number of carbonyl (C=O) groups is 1. The highest BCUT2D eigenvalue weighted by Gasteiger charge is 2.32. The maximum Gasteiger partial charge on any atom is 0.251 e. The Balaban J connectivity index is 1.68. The highest BCUT2D eigenvalue weighted by molar-refractivity contribution is 5.99. The first-order valence-electron chi connectivity index (χ1n) is 9.70. The van der Waals surface area contributed by atoms with Gasteiger partial charge in [-0.3, -0.25) is 4.79 Å². The molecule has 28 heavy (non-hydrogen) atoms. The van der Waals surface area contributed by atoms with Crippen LogP contribution < -0.4 is 15.0 Å². The summed E-state index contributed by atoms with van der Waals surface area (Å²) in [4.78, 5) is 15.7. The highest BCUT2D eigenvalue weighted by Crippen LogP contribution is 2.36. The number of rotatable bonds is 6. The molecule has 0 saturated heterocycles. The predicted molar refractivity (Wildman–Crippen MR) is 113 cm³/mol. The fourth-order valence-corrected chi connectivity index (χ4v) is 3.79. The molecule has 1 unspecified atom stereocenters. The first-order chi connectivity index (χ1) is 13.8. The van der Waals surface area contributed by atoms with Gasteiger partial charge >= 0.3 is 0 Å². The average Bonchev–Trinajstić information content (AvgIpc) is 3.15. The maximum absolute atomic E-state index is 13.5. The van der Waals surface area contributed by atoms with Crippen molar-refractivity contribution >= 4 is 17.3 Å². The van der Waals surface area contributed by atoms with Gasteiger partial charge < -0.3 is 15.0 Å². The summed E-state index contributed by atoms with van der Waals surface area (Å²) < 4.78 is 5.68. The Morgan fingerprint density at radius 2 is 1.71 bits per heavy atom. The SMILES string of the molecule is CCOc1ccccc1NC(=O)C(c1ccccc1)N1CCc2ccccc21. The Morgan fingerprint density at radius 3 is 2.54 bits per heavy atom. The number of nitrogens with zero attached hydrogens (tertiary/aromatic N) is 1. The van der Waals surface area contributed by atoms with Crippen molar-refractivity contribution in [3.05, 3.63) is 90.0 Å². The van der Waals surface area contributed by atoms with Crippen molar-refractivity contribution in [1.29, 1.82) is 0 Å².